The fourth-order valence-corrected chi connectivity index (χ4v) is 3.70. The van der Waals surface area contributed by atoms with Gasteiger partial charge in [-0.3, -0.25) is 4.79 Å². The second kappa shape index (κ2) is 7.78. The molecule has 0 bridgehead atoms. The van der Waals surface area contributed by atoms with E-state index in [4.69, 9.17) is 4.42 Å². The molecule has 1 amide bonds. The second-order valence-corrected chi connectivity index (χ2v) is 6.99. The molecule has 10 heteroatoms. The summed E-state index contributed by atoms with van der Waals surface area (Å²) in [5.41, 5.74) is 0. The molecule has 1 aliphatic heterocycles. The molecule has 0 radical (unpaired) electrons. The summed E-state index contributed by atoms with van der Waals surface area (Å²) in [4.78, 5) is 25.0. The zero-order chi connectivity index (χ0) is 18.6. The third-order valence-corrected chi connectivity index (χ3v) is 5.37. The molecule has 0 N–H and O–H groups in total. The number of anilines is 1. The van der Waals surface area contributed by atoms with Crippen molar-refractivity contribution in [3.63, 3.8) is 0 Å². The molecule has 0 spiro atoms. The van der Waals surface area contributed by atoms with Gasteiger partial charge in [0.2, 0.25) is 11.9 Å². The third-order valence-electron chi connectivity index (χ3n) is 4.37. The second-order valence-electron chi connectivity index (χ2n) is 6.05. The van der Waals surface area contributed by atoms with E-state index in [0.29, 0.717) is 41.5 Å². The number of hydrogen-bond acceptors (Lipinski definition) is 8. The lowest BCUT2D eigenvalue weighted by molar-refractivity contribution is -0.128. The van der Waals surface area contributed by atoms with Crippen LogP contribution >= 0.6 is 11.8 Å². The van der Waals surface area contributed by atoms with Crippen LogP contribution in [-0.4, -0.2) is 67.5 Å². The highest BCUT2D eigenvalue weighted by molar-refractivity contribution is 7.99. The molecule has 0 saturated carbocycles. The first-order valence-corrected chi connectivity index (χ1v) is 9.57. The van der Waals surface area contributed by atoms with Crippen molar-refractivity contribution in [2.24, 2.45) is 7.05 Å². The van der Waals surface area contributed by atoms with Gasteiger partial charge < -0.3 is 18.8 Å². The van der Waals surface area contributed by atoms with Gasteiger partial charge >= 0.3 is 0 Å². The predicted molar refractivity (Wildman–Crippen MR) is 100 cm³/mol. The Bertz CT molecular complexity index is 889. The van der Waals surface area contributed by atoms with Gasteiger partial charge in [-0.15, -0.1) is 10.2 Å². The number of piperazine rings is 1. The van der Waals surface area contributed by atoms with Gasteiger partial charge in [-0.25, -0.2) is 9.97 Å². The number of carbonyl (C=O) groups is 1. The first-order chi connectivity index (χ1) is 13.2. The Morgan fingerprint density at radius 3 is 2.63 bits per heavy atom. The van der Waals surface area contributed by atoms with Crippen molar-refractivity contribution < 1.29 is 9.21 Å². The minimum Gasteiger partial charge on any atom is -0.461 e. The van der Waals surface area contributed by atoms with Gasteiger partial charge in [0.1, 0.15) is 0 Å². The van der Waals surface area contributed by atoms with Gasteiger partial charge in [-0.1, -0.05) is 11.8 Å². The summed E-state index contributed by atoms with van der Waals surface area (Å²) in [5.74, 6) is 2.43. The van der Waals surface area contributed by atoms with Crippen LogP contribution in [0, 0.1) is 0 Å². The van der Waals surface area contributed by atoms with Crippen LogP contribution in [0.3, 0.4) is 0 Å². The molecule has 0 atom stereocenters. The van der Waals surface area contributed by atoms with Crippen molar-refractivity contribution in [2.45, 2.75) is 5.16 Å². The summed E-state index contributed by atoms with van der Waals surface area (Å²) in [6.07, 6.45) is 5.06. The highest BCUT2D eigenvalue weighted by atomic mass is 32.2. The smallest absolute Gasteiger partial charge is 0.233 e. The fourth-order valence-electron chi connectivity index (χ4n) is 2.89. The minimum atomic E-state index is 0.0937. The van der Waals surface area contributed by atoms with E-state index in [1.165, 1.54) is 11.8 Å². The number of thioether (sulfide) groups is 1. The van der Waals surface area contributed by atoms with Crippen LogP contribution in [-0.2, 0) is 11.8 Å². The monoisotopic (exact) mass is 385 g/mol. The molecular weight excluding hydrogens is 366 g/mol. The Hall–Kier alpha value is -2.88. The third kappa shape index (κ3) is 3.80. The Labute approximate surface area is 160 Å². The number of carbonyl (C=O) groups excluding carboxylic acids is 1. The van der Waals surface area contributed by atoms with E-state index >= 15 is 0 Å². The van der Waals surface area contributed by atoms with Crippen molar-refractivity contribution in [1.29, 1.82) is 0 Å². The molecule has 0 unspecified atom stereocenters. The molecule has 1 fully saturated rings. The molecule has 3 aromatic rings. The molecule has 1 aliphatic rings. The number of nitrogens with zero attached hydrogens (tertiary/aromatic N) is 7. The summed E-state index contributed by atoms with van der Waals surface area (Å²) in [7, 11) is 1.86. The maximum atomic E-state index is 12.5. The van der Waals surface area contributed by atoms with Crippen LogP contribution in [0.25, 0.3) is 11.6 Å². The van der Waals surface area contributed by atoms with Crippen LogP contribution in [0.4, 0.5) is 5.95 Å². The van der Waals surface area contributed by atoms with Gasteiger partial charge in [0.25, 0.3) is 0 Å². The zero-order valence-electron chi connectivity index (χ0n) is 14.9. The molecule has 140 valence electrons. The Morgan fingerprint density at radius 1 is 1.15 bits per heavy atom. The molecular formula is C17H19N7O2S. The molecule has 1 saturated heterocycles. The van der Waals surface area contributed by atoms with Crippen molar-refractivity contribution in [3.05, 3.63) is 36.9 Å². The molecule has 9 nitrogen and oxygen atoms in total. The first kappa shape index (κ1) is 17.5. The SMILES string of the molecule is Cn1c(SCC(=O)N2CCN(c3ncccn3)CC2)nnc1-c1ccco1. The first-order valence-electron chi connectivity index (χ1n) is 8.58. The van der Waals surface area contributed by atoms with Gasteiger partial charge in [0.05, 0.1) is 12.0 Å². The number of amides is 1. The lowest BCUT2D eigenvalue weighted by Gasteiger charge is -2.34. The van der Waals surface area contributed by atoms with Crippen molar-refractivity contribution in [2.75, 3.05) is 36.8 Å². The number of furan rings is 1. The van der Waals surface area contributed by atoms with Crippen molar-refractivity contribution >= 4 is 23.6 Å². The zero-order valence-corrected chi connectivity index (χ0v) is 15.7. The quantitative estimate of drug-likeness (QED) is 0.607. The highest BCUT2D eigenvalue weighted by Gasteiger charge is 2.23. The van der Waals surface area contributed by atoms with Crippen LogP contribution in [0.1, 0.15) is 0 Å². The van der Waals surface area contributed by atoms with Gasteiger partial charge in [0, 0.05) is 45.6 Å². The standard InChI is InChI=1S/C17H19N7O2S/c1-22-15(13-4-2-11-26-13)20-21-17(22)27-12-14(25)23-7-9-24(10-8-23)16-18-5-3-6-19-16/h2-6,11H,7-10,12H2,1H3. The Balaban J connectivity index is 1.31. The van der Waals surface area contributed by atoms with Crippen molar-refractivity contribution in [1.82, 2.24) is 29.6 Å². The molecule has 27 heavy (non-hydrogen) atoms. The molecule has 4 heterocycles. The van der Waals surface area contributed by atoms with E-state index < -0.39 is 0 Å². The maximum absolute atomic E-state index is 12.5. The molecule has 0 aliphatic carbocycles. The summed E-state index contributed by atoms with van der Waals surface area (Å²) < 4.78 is 7.19. The summed E-state index contributed by atoms with van der Waals surface area (Å²) in [6.45, 7) is 2.78. The van der Waals surface area contributed by atoms with E-state index in [1.54, 1.807) is 30.8 Å². The van der Waals surface area contributed by atoms with Crippen LogP contribution < -0.4 is 4.90 Å². The molecule has 3 aromatic heterocycles. The van der Waals surface area contributed by atoms with E-state index in [0.717, 1.165) is 13.1 Å². The van der Waals surface area contributed by atoms with E-state index in [1.807, 2.05) is 22.6 Å². The number of hydrogen-bond donors (Lipinski definition) is 0. The number of aromatic nitrogens is 5. The lowest BCUT2D eigenvalue weighted by atomic mass is 10.3. The molecule has 0 aromatic carbocycles. The molecule has 4 rings (SSSR count). The van der Waals surface area contributed by atoms with Gasteiger partial charge in [-0.05, 0) is 18.2 Å². The summed E-state index contributed by atoms with van der Waals surface area (Å²) in [5, 5.41) is 8.99. The fraction of sp³-hybridized carbons (Fsp3) is 0.353. The Morgan fingerprint density at radius 2 is 1.93 bits per heavy atom. The average molecular weight is 385 g/mol. The van der Waals surface area contributed by atoms with E-state index in [9.17, 15) is 4.79 Å². The topological polar surface area (TPSA) is 93.2 Å². The van der Waals surface area contributed by atoms with Gasteiger partial charge in [-0.2, -0.15) is 0 Å². The highest BCUT2D eigenvalue weighted by Crippen LogP contribution is 2.23. The Kier molecular flexibility index (Phi) is 5.05. The normalized spacial score (nSPS) is 14.6. The predicted octanol–water partition coefficient (Wildman–Crippen LogP) is 1.31. The average Bonchev–Trinajstić information content (AvgIpc) is 3.37. The van der Waals surface area contributed by atoms with Crippen LogP contribution in [0.5, 0.6) is 0 Å². The summed E-state index contributed by atoms with van der Waals surface area (Å²) >= 11 is 1.38. The van der Waals surface area contributed by atoms with Gasteiger partial charge in [0.15, 0.2) is 16.7 Å². The van der Waals surface area contributed by atoms with E-state index in [-0.39, 0.29) is 5.91 Å². The minimum absolute atomic E-state index is 0.0937. The van der Waals surface area contributed by atoms with Crippen LogP contribution in [0.2, 0.25) is 0 Å². The number of rotatable bonds is 5. The van der Waals surface area contributed by atoms with Crippen LogP contribution in [0.15, 0.2) is 46.4 Å². The summed E-state index contributed by atoms with van der Waals surface area (Å²) in [6, 6.07) is 5.43. The largest absolute Gasteiger partial charge is 0.461 e. The van der Waals surface area contributed by atoms with Crippen molar-refractivity contribution in [3.8, 4) is 11.6 Å². The maximum Gasteiger partial charge on any atom is 0.233 e. The van der Waals surface area contributed by atoms with E-state index in [2.05, 4.69) is 25.1 Å². The lowest BCUT2D eigenvalue weighted by Crippen LogP contribution is -2.49.